The van der Waals surface area contributed by atoms with Crippen molar-refractivity contribution in [2.45, 2.75) is 32.7 Å². The number of pyridine rings is 1. The van der Waals surface area contributed by atoms with Gasteiger partial charge in [0.25, 0.3) is 0 Å². The van der Waals surface area contributed by atoms with Crippen LogP contribution in [-0.4, -0.2) is 33.7 Å². The van der Waals surface area contributed by atoms with Gasteiger partial charge in [0.05, 0.1) is 12.2 Å². The normalized spacial score (nSPS) is 12.6. The molecular weight excluding hydrogens is 336 g/mol. The lowest BCUT2D eigenvalue weighted by atomic mass is 10.1. The Morgan fingerprint density at radius 1 is 1.20 bits per heavy atom. The van der Waals surface area contributed by atoms with Gasteiger partial charge in [-0.15, -0.1) is 0 Å². The second-order valence-electron chi connectivity index (χ2n) is 6.63. The number of halogens is 1. The van der Waals surface area contributed by atoms with E-state index in [1.165, 1.54) is 0 Å². The Bertz CT molecular complexity index is 886. The van der Waals surface area contributed by atoms with Crippen LogP contribution in [-0.2, 0) is 0 Å². The number of hydrogen-bond donors (Lipinski definition) is 1. The van der Waals surface area contributed by atoms with Crippen LogP contribution in [0.3, 0.4) is 0 Å². The molecule has 1 unspecified atom stereocenters. The van der Waals surface area contributed by atoms with Gasteiger partial charge in [0.1, 0.15) is 16.8 Å². The molecule has 0 aromatic carbocycles. The average Bonchev–Trinajstić information content (AvgIpc) is 2.98. The molecule has 0 spiro atoms. The lowest BCUT2D eigenvalue weighted by Crippen LogP contribution is -2.18. The fourth-order valence-electron chi connectivity index (χ4n) is 2.88. The molecule has 7 heteroatoms. The lowest BCUT2D eigenvalue weighted by Gasteiger charge is -2.22. The minimum Gasteiger partial charge on any atom is -0.363 e. The summed E-state index contributed by atoms with van der Waals surface area (Å²) in [7, 11) is 3.98. The average molecular weight is 359 g/mol. The Kier molecular flexibility index (Phi) is 4.81. The molecule has 3 aromatic heterocycles. The van der Waals surface area contributed by atoms with Crippen LogP contribution in [0.4, 0.5) is 11.6 Å². The lowest BCUT2D eigenvalue weighted by molar-refractivity contribution is 0.828. The molecular formula is C18H23ClN6. The van der Waals surface area contributed by atoms with Crippen molar-refractivity contribution in [2.75, 3.05) is 24.3 Å². The van der Waals surface area contributed by atoms with Gasteiger partial charge in [0, 0.05) is 37.5 Å². The summed E-state index contributed by atoms with van der Waals surface area (Å²) in [6, 6.07) is 5.84. The summed E-state index contributed by atoms with van der Waals surface area (Å²) in [5.74, 6) is 2.07. The van der Waals surface area contributed by atoms with Crippen molar-refractivity contribution in [1.82, 2.24) is 19.6 Å². The predicted octanol–water partition coefficient (Wildman–Crippen LogP) is 4.14. The smallest absolute Gasteiger partial charge is 0.162 e. The van der Waals surface area contributed by atoms with Crippen LogP contribution in [0.1, 0.15) is 43.9 Å². The van der Waals surface area contributed by atoms with Crippen molar-refractivity contribution < 1.29 is 0 Å². The van der Waals surface area contributed by atoms with Gasteiger partial charge in [-0.25, -0.2) is 9.97 Å². The van der Waals surface area contributed by atoms with E-state index in [1.807, 2.05) is 35.8 Å². The van der Waals surface area contributed by atoms with Crippen molar-refractivity contribution in [1.29, 1.82) is 0 Å². The highest BCUT2D eigenvalue weighted by Gasteiger charge is 2.17. The second kappa shape index (κ2) is 6.88. The molecule has 132 valence electrons. The van der Waals surface area contributed by atoms with Crippen LogP contribution < -0.4 is 10.2 Å². The molecule has 25 heavy (non-hydrogen) atoms. The first-order valence-corrected chi connectivity index (χ1v) is 8.69. The Labute approximate surface area is 152 Å². The van der Waals surface area contributed by atoms with E-state index in [0.717, 1.165) is 28.4 Å². The van der Waals surface area contributed by atoms with Crippen molar-refractivity contribution >= 4 is 28.9 Å². The van der Waals surface area contributed by atoms with Crippen LogP contribution in [0.5, 0.6) is 0 Å². The maximum absolute atomic E-state index is 6.26. The number of aromatic nitrogens is 4. The number of nitrogens with zero attached hydrogens (tertiary/aromatic N) is 5. The van der Waals surface area contributed by atoms with Crippen molar-refractivity contribution in [3.63, 3.8) is 0 Å². The fourth-order valence-corrected chi connectivity index (χ4v) is 3.06. The minimum absolute atomic E-state index is 0.0273. The third-order valence-corrected chi connectivity index (χ3v) is 4.35. The highest BCUT2D eigenvalue weighted by molar-refractivity contribution is 6.29. The molecule has 3 heterocycles. The first kappa shape index (κ1) is 17.5. The first-order chi connectivity index (χ1) is 11.9. The molecule has 0 amide bonds. The molecule has 1 atom stereocenters. The van der Waals surface area contributed by atoms with E-state index < -0.39 is 0 Å². The van der Waals surface area contributed by atoms with E-state index in [9.17, 15) is 0 Å². The van der Waals surface area contributed by atoms with Gasteiger partial charge in [-0.3, -0.25) is 0 Å². The zero-order chi connectivity index (χ0) is 18.1. The molecule has 3 rings (SSSR count). The van der Waals surface area contributed by atoms with Gasteiger partial charge in [-0.2, -0.15) is 9.61 Å². The first-order valence-electron chi connectivity index (χ1n) is 8.31. The minimum atomic E-state index is 0.0273. The number of fused-ring (bicyclic) bond motifs is 1. The van der Waals surface area contributed by atoms with E-state index in [4.69, 9.17) is 11.6 Å². The molecule has 1 N–H and O–H groups in total. The summed E-state index contributed by atoms with van der Waals surface area (Å²) >= 11 is 6.26. The summed E-state index contributed by atoms with van der Waals surface area (Å²) in [6.45, 7) is 6.33. The molecule has 0 aliphatic heterocycles. The van der Waals surface area contributed by atoms with Gasteiger partial charge in [-0.05, 0) is 18.9 Å². The molecule has 0 fully saturated rings. The maximum Gasteiger partial charge on any atom is 0.162 e. The van der Waals surface area contributed by atoms with Gasteiger partial charge in [0.2, 0.25) is 0 Å². The van der Waals surface area contributed by atoms with Gasteiger partial charge >= 0.3 is 0 Å². The van der Waals surface area contributed by atoms with Crippen LogP contribution in [0.15, 0.2) is 30.6 Å². The molecule has 6 nitrogen and oxygen atoms in total. The highest BCUT2D eigenvalue weighted by atomic mass is 35.5. The Balaban J connectivity index is 2.01. The summed E-state index contributed by atoms with van der Waals surface area (Å²) in [5, 5.41) is 8.44. The largest absolute Gasteiger partial charge is 0.363 e. The monoisotopic (exact) mass is 358 g/mol. The zero-order valence-corrected chi connectivity index (χ0v) is 15.9. The molecule has 0 bridgehead atoms. The molecule has 3 aromatic rings. The third-order valence-electron chi connectivity index (χ3n) is 4.16. The molecule has 0 saturated heterocycles. The summed E-state index contributed by atoms with van der Waals surface area (Å²) in [4.78, 5) is 10.9. The quantitative estimate of drug-likeness (QED) is 0.694. The fraction of sp³-hybridized carbons (Fsp3) is 0.389. The zero-order valence-electron chi connectivity index (χ0n) is 15.2. The van der Waals surface area contributed by atoms with E-state index in [2.05, 4.69) is 47.2 Å². The van der Waals surface area contributed by atoms with Crippen LogP contribution in [0.25, 0.3) is 5.65 Å². The van der Waals surface area contributed by atoms with E-state index in [1.54, 1.807) is 12.3 Å². The predicted molar refractivity (Wildman–Crippen MR) is 103 cm³/mol. The molecule has 0 radical (unpaired) electrons. The molecule has 0 saturated carbocycles. The van der Waals surface area contributed by atoms with E-state index >= 15 is 0 Å². The van der Waals surface area contributed by atoms with Gasteiger partial charge < -0.3 is 10.2 Å². The number of rotatable bonds is 5. The molecule has 0 aliphatic rings. The van der Waals surface area contributed by atoms with Crippen molar-refractivity contribution in [3.8, 4) is 0 Å². The Morgan fingerprint density at radius 3 is 2.64 bits per heavy atom. The summed E-state index contributed by atoms with van der Waals surface area (Å²) in [5.41, 5.74) is 2.97. The second-order valence-corrected chi connectivity index (χ2v) is 7.02. The van der Waals surface area contributed by atoms with Crippen molar-refractivity contribution in [3.05, 3.63) is 46.9 Å². The van der Waals surface area contributed by atoms with Crippen LogP contribution >= 0.6 is 11.6 Å². The summed E-state index contributed by atoms with van der Waals surface area (Å²) in [6.07, 6.45) is 3.66. The van der Waals surface area contributed by atoms with Crippen molar-refractivity contribution in [2.24, 2.45) is 0 Å². The number of hydrogen-bond acceptors (Lipinski definition) is 5. The number of nitrogens with one attached hydrogen (secondary N) is 1. The van der Waals surface area contributed by atoms with Crippen LogP contribution in [0, 0.1) is 0 Å². The SMILES string of the molecule is CC(C)c1cnn2c(NC(C)c3cccnc3N(C)C)cc(Cl)nc12. The highest BCUT2D eigenvalue weighted by Crippen LogP contribution is 2.28. The van der Waals surface area contributed by atoms with E-state index in [-0.39, 0.29) is 6.04 Å². The number of anilines is 2. The van der Waals surface area contributed by atoms with Crippen LogP contribution in [0.2, 0.25) is 5.15 Å². The Morgan fingerprint density at radius 2 is 1.96 bits per heavy atom. The standard InChI is InChI=1S/C18H23ClN6/c1-11(2)14-10-21-25-16(9-15(19)23-18(14)25)22-12(3)13-7-6-8-20-17(13)24(4)5/h6-12,22H,1-5H3. The summed E-state index contributed by atoms with van der Waals surface area (Å²) < 4.78 is 1.81. The molecule has 0 aliphatic carbocycles. The van der Waals surface area contributed by atoms with Gasteiger partial charge in [-0.1, -0.05) is 31.5 Å². The van der Waals surface area contributed by atoms with E-state index in [0.29, 0.717) is 11.1 Å². The van der Waals surface area contributed by atoms with Gasteiger partial charge in [0.15, 0.2) is 5.65 Å². The third kappa shape index (κ3) is 3.39. The topological polar surface area (TPSA) is 58.4 Å². The Hall–Kier alpha value is -2.34. The maximum atomic E-state index is 6.26.